The van der Waals surface area contributed by atoms with Crippen molar-refractivity contribution in [1.29, 1.82) is 0 Å². The maximum atomic E-state index is 12.2. The van der Waals surface area contributed by atoms with Gasteiger partial charge in [0.25, 0.3) is 11.5 Å². The van der Waals surface area contributed by atoms with Gasteiger partial charge in [-0.05, 0) is 53.8 Å². The number of nitrogens with two attached hydrogens (primary N) is 1. The summed E-state index contributed by atoms with van der Waals surface area (Å²) in [6.45, 7) is 1.78. The second-order valence-corrected chi connectivity index (χ2v) is 6.82. The normalized spacial score (nSPS) is 10.8. The summed E-state index contributed by atoms with van der Waals surface area (Å²) in [6.07, 6.45) is 2.23. The molecule has 0 spiro atoms. The number of amides is 1. The topological polar surface area (TPSA) is 85.3 Å². The Morgan fingerprint density at radius 2 is 1.89 bits per heavy atom. The molecule has 138 valence electrons. The Balaban J connectivity index is 1.95. The molecule has 6 heteroatoms. The molecule has 0 saturated carbocycles. The van der Waals surface area contributed by atoms with Crippen molar-refractivity contribution >= 4 is 17.5 Å². The lowest BCUT2D eigenvalue weighted by Crippen LogP contribution is -2.17. The number of aryl methyl sites for hydroxylation is 1. The predicted octanol–water partition coefficient (Wildman–Crippen LogP) is 3.41. The monoisotopic (exact) mass is 382 g/mol. The lowest BCUT2D eigenvalue weighted by molar-refractivity contribution is 0.0997. The molecule has 0 radical (unpaired) electrons. The van der Waals surface area contributed by atoms with E-state index in [0.29, 0.717) is 17.5 Å². The van der Waals surface area contributed by atoms with Crippen molar-refractivity contribution < 1.29 is 9.90 Å². The standard InChI is InChI=1S/C21H19ClN2O3/c1-12-15(11-17(20(23)26)19(25)18(12)22)10-13-5-7-14(8-6-13)16-4-3-9-24(2)21(16)27/h3-9,11,25H,10H2,1-2H3,(H2,23,26). The summed E-state index contributed by atoms with van der Waals surface area (Å²) >= 11 is 6.14. The quantitative estimate of drug-likeness (QED) is 0.725. The van der Waals surface area contributed by atoms with E-state index >= 15 is 0 Å². The summed E-state index contributed by atoms with van der Waals surface area (Å²) in [6, 6.07) is 12.8. The Morgan fingerprint density at radius 1 is 1.22 bits per heavy atom. The molecule has 3 aromatic rings. The number of hydrogen-bond donors (Lipinski definition) is 2. The SMILES string of the molecule is Cc1c(Cc2ccc(-c3cccn(C)c3=O)cc2)cc(C(N)=O)c(O)c1Cl. The molecule has 3 N–H and O–H groups in total. The Kier molecular flexibility index (Phi) is 5.06. The first-order valence-electron chi connectivity index (χ1n) is 8.35. The van der Waals surface area contributed by atoms with Gasteiger partial charge in [0, 0.05) is 18.8 Å². The summed E-state index contributed by atoms with van der Waals surface area (Å²) in [5.41, 5.74) is 9.20. The van der Waals surface area contributed by atoms with Crippen molar-refractivity contribution in [3.63, 3.8) is 0 Å². The largest absolute Gasteiger partial charge is 0.506 e. The smallest absolute Gasteiger partial charge is 0.258 e. The Hall–Kier alpha value is -3.05. The van der Waals surface area contributed by atoms with E-state index in [1.165, 1.54) is 4.57 Å². The molecule has 0 bridgehead atoms. The zero-order valence-electron chi connectivity index (χ0n) is 15.0. The van der Waals surface area contributed by atoms with E-state index in [9.17, 15) is 14.7 Å². The maximum Gasteiger partial charge on any atom is 0.258 e. The average molecular weight is 383 g/mol. The van der Waals surface area contributed by atoms with Crippen LogP contribution in [0.3, 0.4) is 0 Å². The zero-order valence-corrected chi connectivity index (χ0v) is 15.7. The van der Waals surface area contributed by atoms with E-state index in [4.69, 9.17) is 17.3 Å². The summed E-state index contributed by atoms with van der Waals surface area (Å²) in [7, 11) is 1.72. The van der Waals surface area contributed by atoms with Crippen LogP contribution in [0.15, 0.2) is 53.5 Å². The fourth-order valence-corrected chi connectivity index (χ4v) is 3.22. The summed E-state index contributed by atoms with van der Waals surface area (Å²) < 4.78 is 1.54. The van der Waals surface area contributed by atoms with Crippen molar-refractivity contribution in [2.75, 3.05) is 0 Å². The van der Waals surface area contributed by atoms with E-state index < -0.39 is 5.91 Å². The zero-order chi connectivity index (χ0) is 19.7. The average Bonchev–Trinajstić information content (AvgIpc) is 2.65. The van der Waals surface area contributed by atoms with Gasteiger partial charge < -0.3 is 15.4 Å². The molecule has 1 aromatic heterocycles. The summed E-state index contributed by atoms with van der Waals surface area (Å²) in [5.74, 6) is -1.02. The van der Waals surface area contributed by atoms with Crippen LogP contribution in [0.25, 0.3) is 11.1 Å². The van der Waals surface area contributed by atoms with Gasteiger partial charge in [-0.15, -0.1) is 0 Å². The maximum absolute atomic E-state index is 12.2. The number of pyridine rings is 1. The molecule has 5 nitrogen and oxygen atoms in total. The molecule has 0 fully saturated rings. The third kappa shape index (κ3) is 3.59. The van der Waals surface area contributed by atoms with Gasteiger partial charge in [-0.3, -0.25) is 9.59 Å². The highest BCUT2D eigenvalue weighted by molar-refractivity contribution is 6.33. The molecule has 1 heterocycles. The van der Waals surface area contributed by atoms with Crippen molar-refractivity contribution in [2.24, 2.45) is 12.8 Å². The van der Waals surface area contributed by atoms with Gasteiger partial charge in [-0.2, -0.15) is 0 Å². The third-order valence-corrected chi connectivity index (χ3v) is 5.10. The second-order valence-electron chi connectivity index (χ2n) is 6.45. The fraction of sp³-hybridized carbons (Fsp3) is 0.143. The van der Waals surface area contributed by atoms with Gasteiger partial charge in [-0.25, -0.2) is 0 Å². The van der Waals surface area contributed by atoms with E-state index in [0.717, 1.165) is 16.7 Å². The van der Waals surface area contributed by atoms with Crippen LogP contribution in [-0.4, -0.2) is 15.6 Å². The highest BCUT2D eigenvalue weighted by Gasteiger charge is 2.17. The Bertz CT molecular complexity index is 1090. The molecule has 3 rings (SSSR count). The van der Waals surface area contributed by atoms with E-state index in [-0.39, 0.29) is 21.9 Å². The number of halogens is 1. The van der Waals surface area contributed by atoms with Crippen molar-refractivity contribution in [3.05, 3.63) is 86.3 Å². The molecule has 27 heavy (non-hydrogen) atoms. The molecule has 0 aliphatic rings. The molecule has 0 aliphatic carbocycles. The van der Waals surface area contributed by atoms with Gasteiger partial charge in [0.15, 0.2) is 0 Å². The first-order valence-corrected chi connectivity index (χ1v) is 8.73. The lowest BCUT2D eigenvalue weighted by atomic mass is 9.96. The molecule has 0 atom stereocenters. The van der Waals surface area contributed by atoms with E-state index in [2.05, 4.69) is 0 Å². The number of aromatic nitrogens is 1. The number of hydrogen-bond acceptors (Lipinski definition) is 3. The van der Waals surface area contributed by atoms with Crippen LogP contribution >= 0.6 is 11.6 Å². The third-order valence-electron chi connectivity index (χ3n) is 4.64. The van der Waals surface area contributed by atoms with Gasteiger partial charge in [0.05, 0.1) is 10.6 Å². The van der Waals surface area contributed by atoms with Crippen LogP contribution in [0.5, 0.6) is 5.75 Å². The number of phenols is 1. The molecular weight excluding hydrogens is 364 g/mol. The number of nitrogens with zero attached hydrogens (tertiary/aromatic N) is 1. The number of carbonyl (C=O) groups is 1. The number of primary amides is 1. The van der Waals surface area contributed by atoms with Crippen LogP contribution in [0, 0.1) is 6.92 Å². The summed E-state index contributed by atoms with van der Waals surface area (Å²) in [5, 5.41) is 10.1. The van der Waals surface area contributed by atoms with Crippen LogP contribution < -0.4 is 11.3 Å². The number of aromatic hydroxyl groups is 1. The lowest BCUT2D eigenvalue weighted by Gasteiger charge is -2.13. The minimum Gasteiger partial charge on any atom is -0.506 e. The highest BCUT2D eigenvalue weighted by atomic mass is 35.5. The van der Waals surface area contributed by atoms with Gasteiger partial charge in [-0.1, -0.05) is 35.9 Å². The molecular formula is C21H19ClN2O3. The van der Waals surface area contributed by atoms with Crippen LogP contribution in [0.1, 0.15) is 27.0 Å². The highest BCUT2D eigenvalue weighted by Crippen LogP contribution is 2.34. The van der Waals surface area contributed by atoms with Crippen molar-refractivity contribution in [1.82, 2.24) is 4.57 Å². The number of rotatable bonds is 4. The van der Waals surface area contributed by atoms with Crippen LogP contribution in [0.4, 0.5) is 0 Å². The number of carbonyl (C=O) groups excluding carboxylic acids is 1. The van der Waals surface area contributed by atoms with E-state index in [1.807, 2.05) is 30.3 Å². The minimum atomic E-state index is -0.731. The van der Waals surface area contributed by atoms with Gasteiger partial charge in [0.2, 0.25) is 0 Å². The van der Waals surface area contributed by atoms with Crippen molar-refractivity contribution in [3.8, 4) is 16.9 Å². The Morgan fingerprint density at radius 3 is 2.52 bits per heavy atom. The van der Waals surface area contributed by atoms with Crippen molar-refractivity contribution in [2.45, 2.75) is 13.3 Å². The minimum absolute atomic E-state index is 0.00463. The second kappa shape index (κ2) is 7.29. The van der Waals surface area contributed by atoms with E-state index in [1.54, 1.807) is 32.3 Å². The van der Waals surface area contributed by atoms with Gasteiger partial charge >= 0.3 is 0 Å². The van der Waals surface area contributed by atoms with Crippen LogP contribution in [0.2, 0.25) is 5.02 Å². The predicted molar refractivity (Wildman–Crippen MR) is 106 cm³/mol. The summed E-state index contributed by atoms with van der Waals surface area (Å²) in [4.78, 5) is 23.8. The first-order chi connectivity index (χ1) is 12.8. The first kappa shape index (κ1) is 18.7. The molecule has 0 aliphatic heterocycles. The van der Waals surface area contributed by atoms with Gasteiger partial charge in [0.1, 0.15) is 5.75 Å². The van der Waals surface area contributed by atoms with Crippen LogP contribution in [-0.2, 0) is 13.5 Å². The fourth-order valence-electron chi connectivity index (χ4n) is 3.00. The molecule has 0 saturated heterocycles. The molecule has 0 unspecified atom stereocenters. The molecule has 1 amide bonds. The molecule has 2 aromatic carbocycles. The number of benzene rings is 2. The Labute approximate surface area is 161 Å².